The van der Waals surface area contributed by atoms with Crippen LogP contribution in [-0.4, -0.2) is 40.3 Å². The lowest BCUT2D eigenvalue weighted by molar-refractivity contribution is -0.198. The predicted molar refractivity (Wildman–Crippen MR) is 97.0 cm³/mol. The summed E-state index contributed by atoms with van der Waals surface area (Å²) in [6, 6.07) is 11.9. The number of halogens is 3. The number of nitrogens with zero attached hydrogens (tertiary/aromatic N) is 1. The van der Waals surface area contributed by atoms with Gasteiger partial charge in [-0.2, -0.15) is 13.2 Å². The summed E-state index contributed by atoms with van der Waals surface area (Å²) in [5.74, 6) is -2.19. The molecule has 9 heteroatoms. The molecule has 3 amide bonds. The number of carbonyl (C=O) groups excluding carboxylic acids is 3. The molecule has 0 bridgehead atoms. The molecule has 1 aliphatic rings. The number of ketones is 1. The summed E-state index contributed by atoms with van der Waals surface area (Å²) in [7, 11) is 0. The van der Waals surface area contributed by atoms with Crippen LogP contribution in [0.25, 0.3) is 10.9 Å². The zero-order valence-electron chi connectivity index (χ0n) is 14.8. The molecule has 1 atom stereocenters. The van der Waals surface area contributed by atoms with Crippen LogP contribution in [0.3, 0.4) is 0 Å². The van der Waals surface area contributed by atoms with Crippen molar-refractivity contribution in [3.05, 3.63) is 71.9 Å². The topological polar surface area (TPSA) is 82.3 Å². The van der Waals surface area contributed by atoms with Crippen molar-refractivity contribution in [3.63, 3.8) is 0 Å². The molecule has 2 N–H and O–H groups in total. The zero-order chi connectivity index (χ0) is 20.8. The number of hydrogen-bond acceptors (Lipinski definition) is 3. The second-order valence-electron chi connectivity index (χ2n) is 6.61. The van der Waals surface area contributed by atoms with Gasteiger partial charge in [0.2, 0.25) is 5.54 Å². The van der Waals surface area contributed by atoms with Crippen LogP contribution in [0.5, 0.6) is 0 Å². The maximum absolute atomic E-state index is 14.0. The van der Waals surface area contributed by atoms with Gasteiger partial charge in [0.15, 0.2) is 5.78 Å². The molecule has 148 valence electrons. The Labute approximate surface area is 162 Å². The lowest BCUT2D eigenvalue weighted by Crippen LogP contribution is -2.55. The minimum Gasteiger partial charge on any atom is -0.360 e. The first kappa shape index (κ1) is 18.7. The van der Waals surface area contributed by atoms with Crippen molar-refractivity contribution in [3.8, 4) is 0 Å². The summed E-state index contributed by atoms with van der Waals surface area (Å²) in [4.78, 5) is 41.0. The molecule has 0 aliphatic carbocycles. The van der Waals surface area contributed by atoms with Gasteiger partial charge in [0.1, 0.15) is 0 Å². The predicted octanol–water partition coefficient (Wildman–Crippen LogP) is 3.36. The average Bonchev–Trinajstić information content (AvgIpc) is 3.23. The first-order chi connectivity index (χ1) is 13.8. The molecule has 2 heterocycles. The Morgan fingerprint density at radius 2 is 1.66 bits per heavy atom. The van der Waals surface area contributed by atoms with Crippen LogP contribution in [0, 0.1) is 0 Å². The van der Waals surface area contributed by atoms with Crippen LogP contribution in [0.2, 0.25) is 0 Å². The van der Waals surface area contributed by atoms with Crippen LogP contribution in [0.4, 0.5) is 18.0 Å². The number of imide groups is 1. The standard InChI is InChI=1S/C20H14F3N3O3/c21-20(22,23)19(12-6-2-1-3-7-12)17(28)26(18(29)25-19)11-16(27)14-10-24-15-9-5-4-8-13(14)15/h1-10,24H,11H2,(H,25,29). The fraction of sp³-hybridized carbons (Fsp3) is 0.150. The first-order valence-corrected chi connectivity index (χ1v) is 8.61. The van der Waals surface area contributed by atoms with Gasteiger partial charge >= 0.3 is 12.2 Å². The highest BCUT2D eigenvalue weighted by Crippen LogP contribution is 2.43. The van der Waals surface area contributed by atoms with Crippen molar-refractivity contribution >= 4 is 28.6 Å². The number of para-hydroxylation sites is 1. The Bertz CT molecular complexity index is 1120. The number of alkyl halides is 3. The third-order valence-corrected chi connectivity index (χ3v) is 4.93. The molecule has 2 aromatic carbocycles. The molecule has 6 nitrogen and oxygen atoms in total. The van der Waals surface area contributed by atoms with Gasteiger partial charge in [0.25, 0.3) is 5.91 Å². The molecule has 3 aromatic rings. The molecular weight excluding hydrogens is 387 g/mol. The van der Waals surface area contributed by atoms with Crippen molar-refractivity contribution in [2.45, 2.75) is 11.7 Å². The molecule has 0 radical (unpaired) electrons. The second kappa shape index (κ2) is 6.47. The van der Waals surface area contributed by atoms with Gasteiger partial charge in [-0.1, -0.05) is 48.5 Å². The minimum atomic E-state index is -5.10. The molecule has 1 aromatic heterocycles. The highest BCUT2D eigenvalue weighted by molar-refractivity contribution is 6.14. The van der Waals surface area contributed by atoms with E-state index in [1.54, 1.807) is 29.6 Å². The molecule has 4 rings (SSSR count). The van der Waals surface area contributed by atoms with E-state index in [9.17, 15) is 27.6 Å². The number of hydrogen-bond donors (Lipinski definition) is 2. The Kier molecular flexibility index (Phi) is 4.18. The SMILES string of the molecule is O=C(CN1C(=O)NC(c2ccccc2)(C(F)(F)F)C1=O)c1c[nH]c2ccccc12. The fourth-order valence-corrected chi connectivity index (χ4v) is 3.49. The molecule has 0 saturated carbocycles. The third-order valence-electron chi connectivity index (χ3n) is 4.93. The van der Waals surface area contributed by atoms with Gasteiger partial charge in [-0.3, -0.25) is 14.5 Å². The van der Waals surface area contributed by atoms with Crippen LogP contribution in [0.15, 0.2) is 60.8 Å². The number of urea groups is 1. The highest BCUT2D eigenvalue weighted by atomic mass is 19.4. The van der Waals surface area contributed by atoms with Gasteiger partial charge < -0.3 is 10.3 Å². The molecular formula is C20H14F3N3O3. The number of rotatable bonds is 4. The Morgan fingerprint density at radius 1 is 1.00 bits per heavy atom. The van der Waals surface area contributed by atoms with Crippen LogP contribution in [-0.2, 0) is 10.3 Å². The summed E-state index contributed by atoms with van der Waals surface area (Å²) in [5.41, 5.74) is -2.81. The molecule has 29 heavy (non-hydrogen) atoms. The number of benzene rings is 2. The summed E-state index contributed by atoms with van der Waals surface area (Å²) in [6.07, 6.45) is -3.70. The van der Waals surface area contributed by atoms with Crippen molar-refractivity contribution in [1.82, 2.24) is 15.2 Å². The van der Waals surface area contributed by atoms with E-state index in [1.165, 1.54) is 24.4 Å². The Morgan fingerprint density at radius 3 is 2.34 bits per heavy atom. The number of Topliss-reactive ketones (excluding diaryl/α,β-unsaturated/α-hetero) is 1. The van der Waals surface area contributed by atoms with E-state index in [4.69, 9.17) is 0 Å². The van der Waals surface area contributed by atoms with Gasteiger partial charge in [-0.05, 0) is 11.6 Å². The van der Waals surface area contributed by atoms with E-state index in [1.807, 2.05) is 0 Å². The smallest absolute Gasteiger partial charge is 0.360 e. The fourth-order valence-electron chi connectivity index (χ4n) is 3.49. The van der Waals surface area contributed by atoms with Crippen LogP contribution < -0.4 is 5.32 Å². The number of aromatic amines is 1. The number of aromatic nitrogens is 1. The molecule has 1 unspecified atom stereocenters. The number of amides is 3. The number of H-pyrrole nitrogens is 1. The lowest BCUT2D eigenvalue weighted by Gasteiger charge is -2.29. The zero-order valence-corrected chi connectivity index (χ0v) is 14.8. The molecule has 0 spiro atoms. The number of carbonyl (C=O) groups is 3. The summed E-state index contributed by atoms with van der Waals surface area (Å²) in [5, 5.41) is 2.31. The second-order valence-corrected chi connectivity index (χ2v) is 6.61. The van der Waals surface area contributed by atoms with E-state index >= 15 is 0 Å². The van der Waals surface area contributed by atoms with Gasteiger partial charge in [-0.15, -0.1) is 0 Å². The largest absolute Gasteiger partial charge is 0.425 e. The van der Waals surface area contributed by atoms with E-state index in [0.29, 0.717) is 15.8 Å². The summed E-state index contributed by atoms with van der Waals surface area (Å²) < 4.78 is 41.9. The normalized spacial score (nSPS) is 19.6. The van der Waals surface area contributed by atoms with Crippen molar-refractivity contribution < 1.29 is 27.6 Å². The molecule has 1 saturated heterocycles. The minimum absolute atomic E-state index is 0.186. The first-order valence-electron chi connectivity index (χ1n) is 8.61. The van der Waals surface area contributed by atoms with Crippen LogP contribution >= 0.6 is 0 Å². The van der Waals surface area contributed by atoms with Crippen LogP contribution in [0.1, 0.15) is 15.9 Å². The Balaban J connectivity index is 1.70. The molecule has 1 fully saturated rings. The van der Waals surface area contributed by atoms with Gasteiger partial charge in [0, 0.05) is 22.7 Å². The highest BCUT2D eigenvalue weighted by Gasteiger charge is 2.68. The third kappa shape index (κ3) is 2.77. The van der Waals surface area contributed by atoms with E-state index in [-0.39, 0.29) is 5.56 Å². The van der Waals surface area contributed by atoms with E-state index < -0.39 is 41.5 Å². The maximum atomic E-state index is 14.0. The van der Waals surface area contributed by atoms with Crippen molar-refractivity contribution in [2.75, 3.05) is 6.54 Å². The lowest BCUT2D eigenvalue weighted by atomic mass is 9.89. The average molecular weight is 401 g/mol. The van der Waals surface area contributed by atoms with Crippen molar-refractivity contribution in [1.29, 1.82) is 0 Å². The number of fused-ring (bicyclic) bond motifs is 1. The maximum Gasteiger partial charge on any atom is 0.425 e. The summed E-state index contributed by atoms with van der Waals surface area (Å²) >= 11 is 0. The number of nitrogens with one attached hydrogen (secondary N) is 2. The monoisotopic (exact) mass is 401 g/mol. The summed E-state index contributed by atoms with van der Waals surface area (Å²) in [6.45, 7) is -0.808. The van der Waals surface area contributed by atoms with Gasteiger partial charge in [-0.25, -0.2) is 4.79 Å². The Hall–Kier alpha value is -3.62. The molecule has 1 aliphatic heterocycles. The van der Waals surface area contributed by atoms with Crippen molar-refractivity contribution in [2.24, 2.45) is 0 Å². The van der Waals surface area contributed by atoms with E-state index in [0.717, 1.165) is 12.1 Å². The quantitative estimate of drug-likeness (QED) is 0.520. The van der Waals surface area contributed by atoms with Gasteiger partial charge in [0.05, 0.1) is 6.54 Å². The van der Waals surface area contributed by atoms with E-state index in [2.05, 4.69) is 4.98 Å².